The average molecular weight is 350 g/mol. The van der Waals surface area contributed by atoms with Gasteiger partial charge in [0.25, 0.3) is 0 Å². The van der Waals surface area contributed by atoms with Gasteiger partial charge < -0.3 is 24.4 Å². The van der Waals surface area contributed by atoms with E-state index in [1.807, 2.05) is 30.3 Å². The molecule has 25 heavy (non-hydrogen) atoms. The third-order valence-electron chi connectivity index (χ3n) is 3.73. The number of amides is 2. The lowest BCUT2D eigenvalue weighted by atomic mass is 10.2. The predicted molar refractivity (Wildman–Crippen MR) is 92.2 cm³/mol. The van der Waals surface area contributed by atoms with Gasteiger partial charge in [0.15, 0.2) is 0 Å². The quantitative estimate of drug-likeness (QED) is 0.903. The van der Waals surface area contributed by atoms with Crippen LogP contribution in [0.25, 0.3) is 0 Å². The van der Waals surface area contributed by atoms with Gasteiger partial charge in [-0.15, -0.1) is 0 Å². The molecule has 0 bridgehead atoms. The molecule has 2 atom stereocenters. The summed E-state index contributed by atoms with van der Waals surface area (Å²) in [6, 6.07) is 9.12. The number of carbonyl (C=O) groups is 2. The van der Waals surface area contributed by atoms with Gasteiger partial charge in [0.05, 0.1) is 18.7 Å². The van der Waals surface area contributed by atoms with E-state index in [-0.39, 0.29) is 18.8 Å². The van der Waals surface area contributed by atoms with Gasteiger partial charge >= 0.3 is 12.2 Å². The van der Waals surface area contributed by atoms with Crippen molar-refractivity contribution in [3.63, 3.8) is 0 Å². The Morgan fingerprint density at radius 2 is 1.88 bits per heavy atom. The molecule has 7 nitrogen and oxygen atoms in total. The second-order valence-corrected chi connectivity index (χ2v) is 6.97. The molecule has 1 saturated heterocycles. The molecule has 1 aromatic rings. The van der Waals surface area contributed by atoms with Crippen molar-refractivity contribution in [3.8, 4) is 0 Å². The van der Waals surface area contributed by atoms with Gasteiger partial charge in [0.2, 0.25) is 0 Å². The zero-order valence-corrected chi connectivity index (χ0v) is 15.2. The predicted octanol–water partition coefficient (Wildman–Crippen LogP) is 2.55. The van der Waals surface area contributed by atoms with Crippen molar-refractivity contribution in [1.82, 2.24) is 10.2 Å². The van der Waals surface area contributed by atoms with Crippen LogP contribution in [-0.4, -0.2) is 55.0 Å². The number of methoxy groups -OCH3 is 1. The van der Waals surface area contributed by atoms with Crippen molar-refractivity contribution < 1.29 is 23.8 Å². The van der Waals surface area contributed by atoms with Crippen LogP contribution in [0, 0.1) is 0 Å². The van der Waals surface area contributed by atoms with Crippen molar-refractivity contribution in [2.45, 2.75) is 45.1 Å². The molecule has 1 aliphatic heterocycles. The van der Waals surface area contributed by atoms with Crippen LogP contribution in [0.1, 0.15) is 26.3 Å². The smallest absolute Gasteiger partial charge is 0.410 e. The molecule has 0 unspecified atom stereocenters. The van der Waals surface area contributed by atoms with E-state index in [1.54, 1.807) is 27.9 Å². The number of alkyl carbamates (subject to hydrolysis) is 1. The highest BCUT2D eigenvalue weighted by Crippen LogP contribution is 2.16. The molecule has 0 radical (unpaired) electrons. The molecule has 0 saturated carbocycles. The van der Waals surface area contributed by atoms with Crippen molar-refractivity contribution in [2.75, 3.05) is 20.2 Å². The van der Waals surface area contributed by atoms with E-state index < -0.39 is 17.8 Å². The summed E-state index contributed by atoms with van der Waals surface area (Å²) in [5.74, 6) is 0. The van der Waals surface area contributed by atoms with Gasteiger partial charge in [0, 0.05) is 13.7 Å². The van der Waals surface area contributed by atoms with Gasteiger partial charge in [-0.3, -0.25) is 0 Å². The highest BCUT2D eigenvalue weighted by Gasteiger charge is 2.37. The largest absolute Gasteiger partial charge is 0.445 e. The van der Waals surface area contributed by atoms with Gasteiger partial charge in [-0.05, 0) is 26.3 Å². The Morgan fingerprint density at radius 1 is 1.20 bits per heavy atom. The molecule has 1 aliphatic rings. The molecule has 1 N–H and O–H groups in total. The molecule has 2 rings (SSSR count). The minimum atomic E-state index is -0.584. The Kier molecular flexibility index (Phi) is 6.25. The van der Waals surface area contributed by atoms with Crippen LogP contribution in [0.15, 0.2) is 30.3 Å². The van der Waals surface area contributed by atoms with Crippen molar-refractivity contribution in [3.05, 3.63) is 35.9 Å². The lowest BCUT2D eigenvalue weighted by Crippen LogP contribution is -2.45. The number of likely N-dealkylation sites (tertiary alicyclic amines) is 1. The maximum Gasteiger partial charge on any atom is 0.410 e. The van der Waals surface area contributed by atoms with Crippen molar-refractivity contribution in [2.24, 2.45) is 0 Å². The standard InChI is InChI=1S/C18H26N2O5/c1-18(2,3)25-16(21)19-14-10-20(11-15(14)23-4)17(22)24-12-13-8-6-5-7-9-13/h5-9,14-15H,10-12H2,1-4H3,(H,19,21)/t14-,15-/m0/s1. The van der Waals surface area contributed by atoms with E-state index in [0.29, 0.717) is 13.1 Å². The van der Waals surface area contributed by atoms with Gasteiger partial charge in [0.1, 0.15) is 12.2 Å². The summed E-state index contributed by atoms with van der Waals surface area (Å²) in [6.07, 6.45) is -1.27. The van der Waals surface area contributed by atoms with Crippen LogP contribution in [-0.2, 0) is 20.8 Å². The minimum Gasteiger partial charge on any atom is -0.445 e. The highest BCUT2D eigenvalue weighted by molar-refractivity contribution is 5.70. The number of hydrogen-bond donors (Lipinski definition) is 1. The van der Waals surface area contributed by atoms with Crippen molar-refractivity contribution in [1.29, 1.82) is 0 Å². The number of ether oxygens (including phenoxy) is 3. The van der Waals surface area contributed by atoms with E-state index in [9.17, 15) is 9.59 Å². The first-order valence-corrected chi connectivity index (χ1v) is 8.26. The number of rotatable bonds is 4. The Labute approximate surface area is 148 Å². The van der Waals surface area contributed by atoms with Crippen LogP contribution in [0.4, 0.5) is 9.59 Å². The molecule has 1 aromatic carbocycles. The average Bonchev–Trinajstić information content (AvgIpc) is 2.94. The first-order chi connectivity index (χ1) is 11.8. The second kappa shape index (κ2) is 8.20. The lowest BCUT2D eigenvalue weighted by molar-refractivity contribution is 0.0415. The van der Waals surface area contributed by atoms with Crippen LogP contribution < -0.4 is 5.32 Å². The Morgan fingerprint density at radius 3 is 2.48 bits per heavy atom. The van der Waals surface area contributed by atoms with Gasteiger partial charge in [-0.2, -0.15) is 0 Å². The minimum absolute atomic E-state index is 0.206. The highest BCUT2D eigenvalue weighted by atomic mass is 16.6. The maximum atomic E-state index is 12.2. The summed E-state index contributed by atoms with van der Waals surface area (Å²) in [5.41, 5.74) is 0.335. The normalized spacial score (nSPS) is 20.2. The molecule has 7 heteroatoms. The number of nitrogens with one attached hydrogen (secondary N) is 1. The van der Waals surface area contributed by atoms with Crippen molar-refractivity contribution >= 4 is 12.2 Å². The van der Waals surface area contributed by atoms with Gasteiger partial charge in [-0.1, -0.05) is 30.3 Å². The Bertz CT molecular complexity index is 585. The van der Waals surface area contributed by atoms with E-state index >= 15 is 0 Å². The fraction of sp³-hybridized carbons (Fsp3) is 0.556. The Hall–Kier alpha value is -2.28. The van der Waals surface area contributed by atoms with E-state index in [2.05, 4.69) is 5.32 Å². The summed E-state index contributed by atoms with van der Waals surface area (Å²) in [6.45, 7) is 6.25. The Balaban J connectivity index is 1.87. The third-order valence-corrected chi connectivity index (χ3v) is 3.73. The fourth-order valence-corrected chi connectivity index (χ4v) is 2.57. The van der Waals surface area contributed by atoms with Gasteiger partial charge in [-0.25, -0.2) is 9.59 Å². The van der Waals surface area contributed by atoms with Crippen LogP contribution >= 0.6 is 0 Å². The summed E-state index contributed by atoms with van der Waals surface area (Å²) < 4.78 is 16.0. The SMILES string of the molecule is CO[C@H]1CN(C(=O)OCc2ccccc2)C[C@@H]1NC(=O)OC(C)(C)C. The fourth-order valence-electron chi connectivity index (χ4n) is 2.57. The zero-order chi connectivity index (χ0) is 18.4. The van der Waals surface area contributed by atoms with E-state index in [0.717, 1.165) is 5.56 Å². The monoisotopic (exact) mass is 350 g/mol. The maximum absolute atomic E-state index is 12.2. The first kappa shape index (κ1) is 19.1. The second-order valence-electron chi connectivity index (χ2n) is 6.97. The molecular weight excluding hydrogens is 324 g/mol. The summed E-state index contributed by atoms with van der Waals surface area (Å²) in [7, 11) is 1.55. The zero-order valence-electron chi connectivity index (χ0n) is 15.2. The molecule has 0 spiro atoms. The van der Waals surface area contributed by atoms with Crippen LogP contribution in [0.3, 0.4) is 0 Å². The summed E-state index contributed by atoms with van der Waals surface area (Å²) >= 11 is 0. The third kappa shape index (κ3) is 5.94. The molecular formula is C18H26N2O5. The topological polar surface area (TPSA) is 77.1 Å². The number of hydrogen-bond acceptors (Lipinski definition) is 5. The van der Waals surface area contributed by atoms with Crippen LogP contribution in [0.2, 0.25) is 0 Å². The lowest BCUT2D eigenvalue weighted by Gasteiger charge is -2.23. The molecule has 1 fully saturated rings. The van der Waals surface area contributed by atoms with E-state index in [4.69, 9.17) is 14.2 Å². The molecule has 0 aliphatic carbocycles. The molecule has 2 amide bonds. The molecule has 1 heterocycles. The number of benzene rings is 1. The number of nitrogens with zero attached hydrogens (tertiary/aromatic N) is 1. The molecule has 0 aromatic heterocycles. The van der Waals surface area contributed by atoms with E-state index in [1.165, 1.54) is 4.90 Å². The summed E-state index contributed by atoms with van der Waals surface area (Å²) in [4.78, 5) is 25.7. The summed E-state index contributed by atoms with van der Waals surface area (Å²) in [5, 5.41) is 2.76. The molecule has 138 valence electrons. The first-order valence-electron chi connectivity index (χ1n) is 8.26. The number of carbonyl (C=O) groups excluding carboxylic acids is 2. The van der Waals surface area contributed by atoms with Crippen LogP contribution in [0.5, 0.6) is 0 Å².